The third-order valence-corrected chi connectivity index (χ3v) is 2.15. The molecule has 96 valence electrons. The van der Waals surface area contributed by atoms with E-state index in [-0.39, 0.29) is 29.7 Å². The molecule has 0 saturated carbocycles. The monoisotopic (exact) mass is 262 g/mol. The normalized spacial score (nSPS) is 9.53. The molecular weight excluding hydrogens is 248 g/mol. The van der Waals surface area contributed by atoms with Crippen molar-refractivity contribution in [3.63, 3.8) is 0 Å². The smallest absolute Gasteiger partial charge is 0.287 e. The Morgan fingerprint density at radius 1 is 1.65 bits per heavy atom. The van der Waals surface area contributed by atoms with E-state index < -0.39 is 4.92 Å². The fraction of sp³-hybridized carbons (Fsp3) is 0.444. The Morgan fingerprint density at radius 3 is 2.76 bits per heavy atom. The summed E-state index contributed by atoms with van der Waals surface area (Å²) in [5.74, 6) is -0.261. The highest BCUT2D eigenvalue weighted by Gasteiger charge is 2.17. The van der Waals surface area contributed by atoms with Gasteiger partial charge in [-0.2, -0.15) is 0 Å². The van der Waals surface area contributed by atoms with E-state index >= 15 is 0 Å². The Hall–Kier alpha value is -1.60. The van der Waals surface area contributed by atoms with Gasteiger partial charge in [0, 0.05) is 26.2 Å². The lowest BCUT2D eigenvalue weighted by molar-refractivity contribution is -0.384. The van der Waals surface area contributed by atoms with Crippen molar-refractivity contribution in [2.24, 2.45) is 0 Å². The van der Waals surface area contributed by atoms with E-state index in [4.69, 9.17) is 0 Å². The van der Waals surface area contributed by atoms with Crippen LogP contribution in [0, 0.1) is 10.1 Å². The van der Waals surface area contributed by atoms with Gasteiger partial charge in [-0.1, -0.05) is 0 Å². The van der Waals surface area contributed by atoms with Crippen LogP contribution in [-0.4, -0.2) is 47.9 Å². The molecule has 7 nitrogen and oxygen atoms in total. The van der Waals surface area contributed by atoms with Gasteiger partial charge in [0.2, 0.25) is 0 Å². The average molecular weight is 263 g/mol. The first-order chi connectivity index (χ1) is 7.56. The van der Waals surface area contributed by atoms with Crippen molar-refractivity contribution in [3.05, 3.63) is 28.1 Å². The molecule has 1 rings (SSSR count). The predicted octanol–water partition coefficient (Wildman–Crippen LogP) is 0.636. The molecule has 17 heavy (non-hydrogen) atoms. The van der Waals surface area contributed by atoms with Crippen LogP contribution in [-0.2, 0) is 0 Å². The lowest BCUT2D eigenvalue weighted by atomic mass is 10.3. The van der Waals surface area contributed by atoms with E-state index in [0.717, 1.165) is 0 Å². The predicted molar refractivity (Wildman–Crippen MR) is 65.6 cm³/mol. The number of hydrogen-bond acceptors (Lipinski definition) is 4. The summed E-state index contributed by atoms with van der Waals surface area (Å²) in [5, 5.41) is 13.3. The highest BCUT2D eigenvalue weighted by atomic mass is 35.5. The van der Waals surface area contributed by atoms with Crippen LogP contribution in [0.5, 0.6) is 0 Å². The van der Waals surface area contributed by atoms with Crippen LogP contribution in [0.4, 0.5) is 5.69 Å². The van der Waals surface area contributed by atoms with Gasteiger partial charge in [0.1, 0.15) is 5.69 Å². The molecule has 2 N–H and O–H groups in total. The highest BCUT2D eigenvalue weighted by Crippen LogP contribution is 2.13. The summed E-state index contributed by atoms with van der Waals surface area (Å²) in [6, 6.07) is 1.23. The number of likely N-dealkylation sites (N-methyl/N-ethyl adjacent to an activating group) is 2. The summed E-state index contributed by atoms with van der Waals surface area (Å²) in [7, 11) is 3.43. The van der Waals surface area contributed by atoms with Gasteiger partial charge >= 0.3 is 0 Å². The zero-order valence-electron chi connectivity index (χ0n) is 9.60. The van der Waals surface area contributed by atoms with Gasteiger partial charge in [-0.05, 0) is 7.05 Å². The second-order valence-electron chi connectivity index (χ2n) is 3.36. The first kappa shape index (κ1) is 15.4. The van der Waals surface area contributed by atoms with Crippen molar-refractivity contribution in [2.75, 3.05) is 27.2 Å². The minimum absolute atomic E-state index is 0. The summed E-state index contributed by atoms with van der Waals surface area (Å²) >= 11 is 0. The number of amides is 1. The summed E-state index contributed by atoms with van der Waals surface area (Å²) < 4.78 is 0. The number of nitrogens with zero attached hydrogens (tertiary/aromatic N) is 2. The first-order valence-electron chi connectivity index (χ1n) is 4.79. The molecule has 1 amide bonds. The molecule has 0 bridgehead atoms. The fourth-order valence-corrected chi connectivity index (χ4v) is 1.20. The number of aromatic nitrogens is 1. The largest absolute Gasteiger partial charge is 0.351 e. The van der Waals surface area contributed by atoms with E-state index in [9.17, 15) is 14.9 Å². The van der Waals surface area contributed by atoms with Gasteiger partial charge in [-0.25, -0.2) is 0 Å². The molecule has 0 radical (unpaired) electrons. The Morgan fingerprint density at radius 2 is 2.29 bits per heavy atom. The minimum atomic E-state index is -0.541. The standard InChI is InChI=1S/C9H14N4O3.ClH/c1-10-3-4-12(2)9(14)8-5-7(6-11-8)13(15)16;/h5-6,10-11H,3-4H2,1-2H3;1H. The minimum Gasteiger partial charge on any atom is -0.351 e. The van der Waals surface area contributed by atoms with Gasteiger partial charge in [-0.3, -0.25) is 14.9 Å². The number of rotatable bonds is 5. The number of aromatic amines is 1. The number of nitrogens with one attached hydrogen (secondary N) is 2. The Labute approximate surface area is 105 Å². The van der Waals surface area contributed by atoms with Crippen LogP contribution < -0.4 is 5.32 Å². The van der Waals surface area contributed by atoms with Crippen molar-refractivity contribution in [2.45, 2.75) is 0 Å². The number of carbonyl (C=O) groups excluding carboxylic acids is 1. The maximum Gasteiger partial charge on any atom is 0.287 e. The molecule has 0 saturated heterocycles. The number of nitro groups is 1. The van der Waals surface area contributed by atoms with Crippen LogP contribution in [0.2, 0.25) is 0 Å². The molecule has 1 aromatic heterocycles. The van der Waals surface area contributed by atoms with Crippen LogP contribution in [0.25, 0.3) is 0 Å². The summed E-state index contributed by atoms with van der Waals surface area (Å²) in [5.41, 5.74) is 0.121. The van der Waals surface area contributed by atoms with Crippen LogP contribution in [0.1, 0.15) is 10.5 Å². The molecule has 0 aliphatic heterocycles. The lowest BCUT2D eigenvalue weighted by Gasteiger charge is -2.15. The lowest BCUT2D eigenvalue weighted by Crippen LogP contribution is -2.32. The number of halogens is 1. The zero-order chi connectivity index (χ0) is 12.1. The second-order valence-corrected chi connectivity index (χ2v) is 3.36. The zero-order valence-corrected chi connectivity index (χ0v) is 10.4. The van der Waals surface area contributed by atoms with E-state index in [1.165, 1.54) is 17.2 Å². The SMILES string of the molecule is CNCCN(C)C(=O)c1cc([N+](=O)[O-])c[nH]1.Cl. The van der Waals surface area contributed by atoms with Crippen LogP contribution >= 0.6 is 12.4 Å². The molecule has 1 aromatic rings. The van der Waals surface area contributed by atoms with Gasteiger partial charge in [0.15, 0.2) is 0 Å². The third kappa shape index (κ3) is 4.04. The molecule has 0 fully saturated rings. The second kappa shape index (κ2) is 6.87. The number of carbonyl (C=O) groups is 1. The van der Waals surface area contributed by atoms with E-state index in [0.29, 0.717) is 13.1 Å². The number of H-pyrrole nitrogens is 1. The van der Waals surface area contributed by atoms with Crippen molar-refractivity contribution < 1.29 is 9.72 Å². The molecular formula is C9H15ClN4O3. The molecule has 0 atom stereocenters. The Kier molecular flexibility index (Phi) is 6.22. The van der Waals surface area contributed by atoms with E-state index in [1.54, 1.807) is 14.1 Å². The van der Waals surface area contributed by atoms with Crippen molar-refractivity contribution in [1.82, 2.24) is 15.2 Å². The molecule has 0 aliphatic rings. The fourth-order valence-electron chi connectivity index (χ4n) is 1.20. The summed E-state index contributed by atoms with van der Waals surface area (Å²) in [4.78, 5) is 25.7. The first-order valence-corrected chi connectivity index (χ1v) is 4.79. The summed E-state index contributed by atoms with van der Waals surface area (Å²) in [6.07, 6.45) is 1.21. The van der Waals surface area contributed by atoms with Crippen LogP contribution in [0.3, 0.4) is 0 Å². The Balaban J connectivity index is 0.00000256. The maximum absolute atomic E-state index is 11.7. The van der Waals surface area contributed by atoms with Gasteiger partial charge in [0.05, 0.1) is 11.1 Å². The van der Waals surface area contributed by atoms with Gasteiger partial charge in [0.25, 0.3) is 11.6 Å². The third-order valence-electron chi connectivity index (χ3n) is 2.15. The number of hydrogen-bond donors (Lipinski definition) is 2. The van der Waals surface area contributed by atoms with Gasteiger partial charge < -0.3 is 15.2 Å². The molecule has 0 aromatic carbocycles. The molecule has 1 heterocycles. The quantitative estimate of drug-likeness (QED) is 0.602. The van der Waals surface area contributed by atoms with E-state index in [2.05, 4.69) is 10.3 Å². The van der Waals surface area contributed by atoms with Crippen LogP contribution in [0.15, 0.2) is 12.3 Å². The topological polar surface area (TPSA) is 91.3 Å². The maximum atomic E-state index is 11.7. The molecule has 0 spiro atoms. The molecule has 8 heteroatoms. The van der Waals surface area contributed by atoms with Crippen molar-refractivity contribution >= 4 is 24.0 Å². The molecule has 0 aliphatic carbocycles. The van der Waals surface area contributed by atoms with Crippen molar-refractivity contribution in [3.8, 4) is 0 Å². The van der Waals surface area contributed by atoms with Crippen molar-refractivity contribution in [1.29, 1.82) is 0 Å². The summed E-state index contributed by atoms with van der Waals surface area (Å²) in [6.45, 7) is 1.22. The van der Waals surface area contributed by atoms with E-state index in [1.807, 2.05) is 0 Å². The van der Waals surface area contributed by atoms with Gasteiger partial charge in [-0.15, -0.1) is 12.4 Å². The highest BCUT2D eigenvalue weighted by molar-refractivity contribution is 5.93. The molecule has 0 unspecified atom stereocenters. The average Bonchev–Trinajstić information content (AvgIpc) is 2.74. The Bertz CT molecular complexity index is 393.